The molecule has 0 aliphatic carbocycles. The van der Waals surface area contributed by atoms with E-state index in [9.17, 15) is 0 Å². The summed E-state index contributed by atoms with van der Waals surface area (Å²) < 4.78 is 7.06. The van der Waals surface area contributed by atoms with Crippen molar-refractivity contribution < 1.29 is 4.74 Å². The van der Waals surface area contributed by atoms with Crippen molar-refractivity contribution in [2.75, 3.05) is 0 Å². The minimum absolute atomic E-state index is 0.461. The van der Waals surface area contributed by atoms with Crippen LogP contribution in [0.1, 0.15) is 32.0 Å². The third-order valence-corrected chi connectivity index (χ3v) is 3.68. The number of aromatic nitrogens is 1. The third-order valence-electron chi connectivity index (χ3n) is 3.01. The predicted molar refractivity (Wildman–Crippen MR) is 94.8 cm³/mol. The lowest BCUT2D eigenvalue weighted by Crippen LogP contribution is -2.22. The summed E-state index contributed by atoms with van der Waals surface area (Å²) in [7, 11) is 0. The average molecular weight is 396 g/mol. The molecule has 0 aliphatic rings. The standard InChI is InChI=1S/C17H21IN2O/c1-4-15-8-13(11-19-12(2)3)9-17(20-15)21-16-7-5-6-14(18)10-16/h5-10,12,19H,4,11H2,1-3H3. The largest absolute Gasteiger partial charge is 0.439 e. The number of hydrogen-bond donors (Lipinski definition) is 1. The number of halogens is 1. The number of nitrogens with zero attached hydrogens (tertiary/aromatic N) is 1. The van der Waals surface area contributed by atoms with Crippen LogP contribution in [0.2, 0.25) is 0 Å². The molecule has 0 saturated heterocycles. The Bertz CT molecular complexity index is 599. The zero-order chi connectivity index (χ0) is 15.2. The number of aryl methyl sites for hydroxylation is 1. The first-order valence-electron chi connectivity index (χ1n) is 7.23. The number of rotatable bonds is 6. The zero-order valence-corrected chi connectivity index (χ0v) is 14.8. The lowest BCUT2D eigenvalue weighted by Gasteiger charge is -2.12. The van der Waals surface area contributed by atoms with Gasteiger partial charge in [-0.3, -0.25) is 0 Å². The fourth-order valence-corrected chi connectivity index (χ4v) is 2.44. The van der Waals surface area contributed by atoms with Gasteiger partial charge in [0.2, 0.25) is 5.88 Å². The maximum atomic E-state index is 5.91. The van der Waals surface area contributed by atoms with Gasteiger partial charge in [-0.2, -0.15) is 0 Å². The third kappa shape index (κ3) is 5.28. The molecule has 1 heterocycles. The molecule has 3 nitrogen and oxygen atoms in total. The van der Waals surface area contributed by atoms with Gasteiger partial charge in [0.15, 0.2) is 0 Å². The molecule has 0 bridgehead atoms. The van der Waals surface area contributed by atoms with Crippen molar-refractivity contribution >= 4 is 22.6 Å². The summed E-state index contributed by atoms with van der Waals surface area (Å²) in [5.74, 6) is 1.49. The summed E-state index contributed by atoms with van der Waals surface area (Å²) in [5, 5.41) is 3.43. The second kappa shape index (κ2) is 7.75. The minimum atomic E-state index is 0.461. The summed E-state index contributed by atoms with van der Waals surface area (Å²) in [6, 6.07) is 12.6. The van der Waals surface area contributed by atoms with E-state index < -0.39 is 0 Å². The highest BCUT2D eigenvalue weighted by atomic mass is 127. The van der Waals surface area contributed by atoms with Gasteiger partial charge in [0.05, 0.1) is 0 Å². The second-order valence-corrected chi connectivity index (χ2v) is 6.50. The van der Waals surface area contributed by atoms with Crippen LogP contribution >= 0.6 is 22.6 Å². The van der Waals surface area contributed by atoms with Gasteiger partial charge in [-0.25, -0.2) is 4.98 Å². The lowest BCUT2D eigenvalue weighted by atomic mass is 10.2. The summed E-state index contributed by atoms with van der Waals surface area (Å²) in [5.41, 5.74) is 2.26. The molecule has 4 heteroatoms. The lowest BCUT2D eigenvalue weighted by molar-refractivity contribution is 0.458. The molecule has 0 atom stereocenters. The molecule has 0 spiro atoms. The van der Waals surface area contributed by atoms with E-state index in [0.717, 1.165) is 28.0 Å². The fraction of sp³-hybridized carbons (Fsp3) is 0.353. The molecule has 21 heavy (non-hydrogen) atoms. The normalized spacial score (nSPS) is 10.9. The molecule has 112 valence electrons. The number of benzene rings is 1. The zero-order valence-electron chi connectivity index (χ0n) is 12.7. The Morgan fingerprint density at radius 1 is 1.24 bits per heavy atom. The number of hydrogen-bond acceptors (Lipinski definition) is 3. The van der Waals surface area contributed by atoms with Crippen molar-refractivity contribution in [1.29, 1.82) is 0 Å². The highest BCUT2D eigenvalue weighted by Crippen LogP contribution is 2.23. The molecular formula is C17H21IN2O. The molecule has 0 unspecified atom stereocenters. The van der Waals surface area contributed by atoms with Gasteiger partial charge in [-0.05, 0) is 58.8 Å². The molecule has 0 saturated carbocycles. The topological polar surface area (TPSA) is 34.1 Å². The second-order valence-electron chi connectivity index (χ2n) is 5.25. The Morgan fingerprint density at radius 3 is 2.71 bits per heavy atom. The van der Waals surface area contributed by atoms with Crippen LogP contribution in [0.15, 0.2) is 36.4 Å². The molecule has 0 radical (unpaired) electrons. The van der Waals surface area contributed by atoms with Gasteiger partial charge >= 0.3 is 0 Å². The predicted octanol–water partition coefficient (Wildman–Crippen LogP) is 4.54. The Kier molecular flexibility index (Phi) is 5.99. The quantitative estimate of drug-likeness (QED) is 0.729. The average Bonchev–Trinajstić information content (AvgIpc) is 2.45. The van der Waals surface area contributed by atoms with E-state index in [4.69, 9.17) is 4.74 Å². The summed E-state index contributed by atoms with van der Waals surface area (Å²) in [6.07, 6.45) is 0.901. The van der Waals surface area contributed by atoms with E-state index in [0.29, 0.717) is 11.9 Å². The smallest absolute Gasteiger partial charge is 0.219 e. The van der Waals surface area contributed by atoms with Crippen LogP contribution < -0.4 is 10.1 Å². The molecule has 2 rings (SSSR count). The van der Waals surface area contributed by atoms with Crippen molar-refractivity contribution in [3.63, 3.8) is 0 Å². The van der Waals surface area contributed by atoms with Crippen LogP contribution in [0.25, 0.3) is 0 Å². The summed E-state index contributed by atoms with van der Waals surface area (Å²) >= 11 is 2.28. The van der Waals surface area contributed by atoms with Crippen molar-refractivity contribution in [3.05, 3.63) is 51.2 Å². The first-order valence-corrected chi connectivity index (χ1v) is 8.31. The van der Waals surface area contributed by atoms with Crippen molar-refractivity contribution in [1.82, 2.24) is 10.3 Å². The SMILES string of the molecule is CCc1cc(CNC(C)C)cc(Oc2cccc(I)c2)n1. The van der Waals surface area contributed by atoms with Gasteiger partial charge in [-0.15, -0.1) is 0 Å². The van der Waals surface area contributed by atoms with E-state index in [1.807, 2.05) is 30.3 Å². The van der Waals surface area contributed by atoms with Crippen LogP contribution in [0.3, 0.4) is 0 Å². The molecule has 0 fully saturated rings. The highest BCUT2D eigenvalue weighted by Gasteiger charge is 2.05. The van der Waals surface area contributed by atoms with Gasteiger partial charge in [0, 0.05) is 27.9 Å². The molecule has 1 N–H and O–H groups in total. The fourth-order valence-electron chi connectivity index (χ4n) is 1.93. The highest BCUT2D eigenvalue weighted by molar-refractivity contribution is 14.1. The van der Waals surface area contributed by atoms with Crippen molar-refractivity contribution in [2.45, 2.75) is 39.8 Å². The first kappa shape index (κ1) is 16.2. The number of nitrogens with one attached hydrogen (secondary N) is 1. The van der Waals surface area contributed by atoms with Gasteiger partial charge in [-0.1, -0.05) is 26.8 Å². The van der Waals surface area contributed by atoms with Gasteiger partial charge in [0.25, 0.3) is 0 Å². The summed E-state index contributed by atoms with van der Waals surface area (Å²) in [4.78, 5) is 4.55. The van der Waals surface area contributed by atoms with Gasteiger partial charge < -0.3 is 10.1 Å². The number of pyridine rings is 1. The van der Waals surface area contributed by atoms with E-state index in [1.54, 1.807) is 0 Å². The molecular weight excluding hydrogens is 375 g/mol. The van der Waals surface area contributed by atoms with Crippen LogP contribution in [-0.4, -0.2) is 11.0 Å². The Morgan fingerprint density at radius 2 is 2.05 bits per heavy atom. The van der Waals surface area contributed by atoms with Crippen molar-refractivity contribution in [3.8, 4) is 11.6 Å². The summed E-state index contributed by atoms with van der Waals surface area (Å²) in [6.45, 7) is 7.23. The van der Waals surface area contributed by atoms with Gasteiger partial charge in [0.1, 0.15) is 5.75 Å². The van der Waals surface area contributed by atoms with Crippen LogP contribution in [0.5, 0.6) is 11.6 Å². The maximum absolute atomic E-state index is 5.91. The molecule has 0 amide bonds. The molecule has 1 aromatic carbocycles. The minimum Gasteiger partial charge on any atom is -0.439 e. The van der Waals surface area contributed by atoms with E-state index in [2.05, 4.69) is 59.7 Å². The van der Waals surface area contributed by atoms with E-state index in [1.165, 1.54) is 5.56 Å². The van der Waals surface area contributed by atoms with E-state index in [-0.39, 0.29) is 0 Å². The van der Waals surface area contributed by atoms with Crippen LogP contribution in [0, 0.1) is 3.57 Å². The molecule has 0 aliphatic heterocycles. The molecule has 2 aromatic rings. The first-order chi connectivity index (χ1) is 10.1. The number of ether oxygens (including phenoxy) is 1. The Hall–Kier alpha value is -1.14. The molecule has 1 aromatic heterocycles. The van der Waals surface area contributed by atoms with E-state index >= 15 is 0 Å². The Balaban J connectivity index is 2.19. The monoisotopic (exact) mass is 396 g/mol. The van der Waals surface area contributed by atoms with Crippen molar-refractivity contribution in [2.24, 2.45) is 0 Å². The van der Waals surface area contributed by atoms with Crippen LogP contribution in [0.4, 0.5) is 0 Å². The maximum Gasteiger partial charge on any atom is 0.219 e. The van der Waals surface area contributed by atoms with Crippen LogP contribution in [-0.2, 0) is 13.0 Å². The Labute approximate surface area is 140 Å².